The van der Waals surface area contributed by atoms with Crippen molar-refractivity contribution in [3.63, 3.8) is 0 Å². The van der Waals surface area contributed by atoms with E-state index in [1.54, 1.807) is 0 Å². The molecule has 2 rings (SSSR count). The van der Waals surface area contributed by atoms with Gasteiger partial charge in [0.25, 0.3) is 0 Å². The Morgan fingerprint density at radius 1 is 1.16 bits per heavy atom. The number of aliphatic hydroxyl groups excluding tert-OH is 1. The van der Waals surface area contributed by atoms with Gasteiger partial charge in [-0.2, -0.15) is 0 Å². The molecule has 0 radical (unpaired) electrons. The summed E-state index contributed by atoms with van der Waals surface area (Å²) in [6.07, 6.45) is 1.66. The van der Waals surface area contributed by atoms with Crippen molar-refractivity contribution in [2.45, 2.75) is 25.9 Å². The minimum atomic E-state index is -0.569. The van der Waals surface area contributed by atoms with Gasteiger partial charge in [-0.05, 0) is 63.9 Å². The van der Waals surface area contributed by atoms with Gasteiger partial charge in [-0.3, -0.25) is 0 Å². The molecule has 2 aromatic carbocycles. The van der Waals surface area contributed by atoms with Gasteiger partial charge in [0.05, 0.1) is 0 Å². The molecule has 1 N–H and O–H groups in total. The Labute approximate surface area is 136 Å². The van der Waals surface area contributed by atoms with E-state index in [2.05, 4.69) is 57.6 Å². The third-order valence-electron chi connectivity index (χ3n) is 3.09. The molecule has 0 aliphatic heterocycles. The van der Waals surface area contributed by atoms with Crippen molar-refractivity contribution in [1.82, 2.24) is 0 Å². The monoisotopic (exact) mass is 430 g/mol. The van der Waals surface area contributed by atoms with E-state index in [0.717, 1.165) is 32.0 Å². The Balaban J connectivity index is 2.27. The van der Waals surface area contributed by atoms with Crippen LogP contribution in [0.5, 0.6) is 0 Å². The van der Waals surface area contributed by atoms with Crippen LogP contribution in [0.1, 0.15) is 36.1 Å². The summed E-state index contributed by atoms with van der Waals surface area (Å²) in [5, 5.41) is 10.5. The lowest BCUT2D eigenvalue weighted by molar-refractivity contribution is 0.219. The maximum Gasteiger partial charge on any atom is 0.105 e. The number of rotatable bonds is 4. The van der Waals surface area contributed by atoms with Gasteiger partial charge >= 0.3 is 0 Å². The predicted octanol–water partition coefficient (Wildman–Crippen LogP) is 5.09. The topological polar surface area (TPSA) is 20.2 Å². The molecule has 19 heavy (non-hydrogen) atoms. The van der Waals surface area contributed by atoms with Crippen LogP contribution >= 0.6 is 38.5 Å². The van der Waals surface area contributed by atoms with Gasteiger partial charge in [0, 0.05) is 8.04 Å². The van der Waals surface area contributed by atoms with Gasteiger partial charge in [-0.1, -0.05) is 53.5 Å². The minimum absolute atomic E-state index is 0.569. The van der Waals surface area contributed by atoms with Gasteiger partial charge in [0.15, 0.2) is 0 Å². The molecule has 0 bridgehead atoms. The van der Waals surface area contributed by atoms with Gasteiger partial charge in [0.1, 0.15) is 6.10 Å². The number of aliphatic hydroxyl groups is 1. The van der Waals surface area contributed by atoms with Crippen LogP contribution in [0.25, 0.3) is 0 Å². The second-order valence-electron chi connectivity index (χ2n) is 4.56. The smallest absolute Gasteiger partial charge is 0.105 e. The molecule has 1 unspecified atom stereocenters. The summed E-state index contributed by atoms with van der Waals surface area (Å²) in [7, 11) is 0. The average molecular weight is 431 g/mol. The first-order valence-corrected chi connectivity index (χ1v) is 8.21. The first-order valence-electron chi connectivity index (χ1n) is 6.33. The average Bonchev–Trinajstić information content (AvgIpc) is 2.42. The van der Waals surface area contributed by atoms with E-state index in [0.29, 0.717) is 0 Å². The van der Waals surface area contributed by atoms with Crippen LogP contribution in [0.2, 0.25) is 0 Å². The van der Waals surface area contributed by atoms with Crippen LogP contribution in [-0.4, -0.2) is 5.11 Å². The van der Waals surface area contributed by atoms with E-state index >= 15 is 0 Å². The Hall–Kier alpha value is -0.390. The third kappa shape index (κ3) is 3.80. The molecule has 3 heteroatoms. The van der Waals surface area contributed by atoms with Crippen molar-refractivity contribution in [2.24, 2.45) is 0 Å². The molecule has 0 amide bonds. The Kier molecular flexibility index (Phi) is 5.42. The van der Waals surface area contributed by atoms with Gasteiger partial charge in [-0.15, -0.1) is 0 Å². The Bertz CT molecular complexity index is 551. The normalized spacial score (nSPS) is 12.4. The molecule has 0 aliphatic carbocycles. The van der Waals surface area contributed by atoms with E-state index in [1.165, 1.54) is 5.56 Å². The van der Waals surface area contributed by atoms with Crippen LogP contribution in [0.15, 0.2) is 46.9 Å². The van der Waals surface area contributed by atoms with Crippen molar-refractivity contribution in [1.29, 1.82) is 0 Å². The summed E-state index contributed by atoms with van der Waals surface area (Å²) in [4.78, 5) is 0. The van der Waals surface area contributed by atoms with Gasteiger partial charge in [-0.25, -0.2) is 0 Å². The molecule has 100 valence electrons. The molecule has 0 spiro atoms. The van der Waals surface area contributed by atoms with Crippen LogP contribution in [0.3, 0.4) is 0 Å². The fourth-order valence-corrected chi connectivity index (χ4v) is 3.07. The third-order valence-corrected chi connectivity index (χ3v) is 4.56. The van der Waals surface area contributed by atoms with E-state index < -0.39 is 6.10 Å². The summed E-state index contributed by atoms with van der Waals surface area (Å²) < 4.78 is 2.07. The Morgan fingerprint density at radius 2 is 1.84 bits per heavy atom. The van der Waals surface area contributed by atoms with Crippen molar-refractivity contribution in [3.05, 3.63) is 67.2 Å². The molecule has 1 nitrogen and oxygen atoms in total. The molecule has 2 aromatic rings. The maximum absolute atomic E-state index is 10.5. The largest absolute Gasteiger partial charge is 0.384 e. The second-order valence-corrected chi connectivity index (χ2v) is 6.64. The van der Waals surface area contributed by atoms with Crippen molar-refractivity contribution < 1.29 is 5.11 Å². The number of halogens is 2. The molecule has 0 aromatic heterocycles. The zero-order valence-electron chi connectivity index (χ0n) is 10.7. The standard InChI is InChI=1S/C16H16BrIO/c1-2-3-11-4-6-12(7-5-11)16(19)14-10-13(17)8-9-15(14)18/h4-10,16,19H,2-3H2,1H3. The van der Waals surface area contributed by atoms with Gasteiger partial charge in [0.2, 0.25) is 0 Å². The van der Waals surface area contributed by atoms with Crippen LogP contribution < -0.4 is 0 Å². The zero-order chi connectivity index (χ0) is 13.8. The molecular weight excluding hydrogens is 415 g/mol. The lowest BCUT2D eigenvalue weighted by Crippen LogP contribution is -2.02. The van der Waals surface area contributed by atoms with Crippen molar-refractivity contribution in [3.8, 4) is 0 Å². The highest BCUT2D eigenvalue weighted by Crippen LogP contribution is 2.29. The number of aryl methyl sites for hydroxylation is 1. The predicted molar refractivity (Wildman–Crippen MR) is 91.4 cm³/mol. The number of hydrogen-bond donors (Lipinski definition) is 1. The van der Waals surface area contributed by atoms with Crippen LogP contribution in [-0.2, 0) is 6.42 Å². The fourth-order valence-electron chi connectivity index (χ4n) is 2.06. The number of hydrogen-bond acceptors (Lipinski definition) is 1. The first kappa shape index (κ1) is 15.0. The van der Waals surface area contributed by atoms with E-state index in [9.17, 15) is 5.11 Å². The summed E-state index contributed by atoms with van der Waals surface area (Å²) >= 11 is 5.71. The summed E-state index contributed by atoms with van der Waals surface area (Å²) in [5.74, 6) is 0. The Morgan fingerprint density at radius 3 is 2.47 bits per heavy atom. The summed E-state index contributed by atoms with van der Waals surface area (Å²) in [6, 6.07) is 14.2. The van der Waals surface area contributed by atoms with E-state index in [-0.39, 0.29) is 0 Å². The molecule has 1 atom stereocenters. The summed E-state index contributed by atoms with van der Waals surface area (Å²) in [6.45, 7) is 2.17. The lowest BCUT2D eigenvalue weighted by atomic mass is 9.99. The fraction of sp³-hybridized carbons (Fsp3) is 0.250. The molecule has 0 fully saturated rings. The first-order chi connectivity index (χ1) is 9.11. The number of benzene rings is 2. The van der Waals surface area contributed by atoms with Crippen molar-refractivity contribution >= 4 is 38.5 Å². The quantitative estimate of drug-likeness (QED) is 0.670. The molecule has 0 saturated carbocycles. The minimum Gasteiger partial charge on any atom is -0.384 e. The van der Waals surface area contributed by atoms with E-state index in [1.807, 2.05) is 30.3 Å². The van der Waals surface area contributed by atoms with E-state index in [4.69, 9.17) is 0 Å². The lowest BCUT2D eigenvalue weighted by Gasteiger charge is -2.14. The second kappa shape index (κ2) is 6.86. The highest BCUT2D eigenvalue weighted by molar-refractivity contribution is 14.1. The van der Waals surface area contributed by atoms with Crippen LogP contribution in [0.4, 0.5) is 0 Å². The zero-order valence-corrected chi connectivity index (χ0v) is 14.5. The highest BCUT2D eigenvalue weighted by Gasteiger charge is 2.13. The van der Waals surface area contributed by atoms with Crippen LogP contribution in [0, 0.1) is 3.57 Å². The highest BCUT2D eigenvalue weighted by atomic mass is 127. The molecule has 0 saturated heterocycles. The molecule has 0 heterocycles. The maximum atomic E-state index is 10.5. The van der Waals surface area contributed by atoms with Gasteiger partial charge < -0.3 is 5.11 Å². The van der Waals surface area contributed by atoms with Crippen molar-refractivity contribution in [2.75, 3.05) is 0 Å². The molecule has 0 aliphatic rings. The summed E-state index contributed by atoms with van der Waals surface area (Å²) in [5.41, 5.74) is 3.21. The SMILES string of the molecule is CCCc1ccc(C(O)c2cc(Br)ccc2I)cc1. The molecular formula is C16H16BrIO.